The summed E-state index contributed by atoms with van der Waals surface area (Å²) in [5.74, 6) is -0.469. The molecule has 0 bridgehead atoms. The summed E-state index contributed by atoms with van der Waals surface area (Å²) in [4.78, 5) is 24.4. The maximum atomic E-state index is 12.4. The monoisotopic (exact) mass is 286 g/mol. The Morgan fingerprint density at radius 3 is 1.95 bits per heavy atom. The first-order valence-electron chi connectivity index (χ1n) is 6.18. The number of hydrogen-bond acceptors (Lipinski definition) is 3. The van der Waals surface area contributed by atoms with Gasteiger partial charge in [-0.3, -0.25) is 4.79 Å². The first kappa shape index (κ1) is 14.4. The number of ether oxygens (including phenoxy) is 1. The van der Waals surface area contributed by atoms with Crippen molar-refractivity contribution < 1.29 is 14.3 Å². The number of benzene rings is 2. The van der Waals surface area contributed by atoms with Crippen LogP contribution in [0.2, 0.25) is 0 Å². The van der Waals surface area contributed by atoms with Crippen LogP contribution in [0.25, 0.3) is 0 Å². The van der Waals surface area contributed by atoms with Crippen LogP contribution in [0.4, 0.5) is 0 Å². The highest BCUT2D eigenvalue weighted by atomic mass is 31.0. The first-order valence-corrected chi connectivity index (χ1v) is 6.75. The van der Waals surface area contributed by atoms with Crippen molar-refractivity contribution in [3.05, 3.63) is 66.2 Å². The van der Waals surface area contributed by atoms with Crippen molar-refractivity contribution in [3.63, 3.8) is 0 Å². The van der Waals surface area contributed by atoms with E-state index in [2.05, 4.69) is 9.24 Å². The Bertz CT molecular complexity index is 610. The summed E-state index contributed by atoms with van der Waals surface area (Å²) in [6.45, 7) is 1.38. The normalized spacial score (nSPS) is 13.3. The molecule has 2 unspecified atom stereocenters. The molecule has 4 heteroatoms. The molecular formula is C16H15O3P. The molecule has 0 saturated heterocycles. The topological polar surface area (TPSA) is 43.4 Å². The minimum atomic E-state index is -1.38. The number of ketones is 1. The molecule has 2 rings (SSSR count). The van der Waals surface area contributed by atoms with Crippen LogP contribution in [0.1, 0.15) is 12.5 Å². The minimum Gasteiger partial charge on any atom is -0.425 e. The third-order valence-electron chi connectivity index (χ3n) is 3.06. The molecular weight excluding hydrogens is 271 g/mol. The predicted octanol–water partition coefficient (Wildman–Crippen LogP) is 2.95. The van der Waals surface area contributed by atoms with Crippen LogP contribution in [0, 0.1) is 0 Å². The van der Waals surface area contributed by atoms with Gasteiger partial charge in [0.2, 0.25) is 0 Å². The smallest absolute Gasteiger partial charge is 0.333 e. The Balaban J connectivity index is 2.34. The maximum Gasteiger partial charge on any atom is 0.333 e. The Morgan fingerprint density at radius 1 is 0.950 bits per heavy atom. The van der Waals surface area contributed by atoms with E-state index in [-0.39, 0.29) is 5.78 Å². The molecule has 0 N–H and O–H groups in total. The number of hydrogen-bond donors (Lipinski definition) is 0. The zero-order valence-electron chi connectivity index (χ0n) is 11.1. The van der Waals surface area contributed by atoms with E-state index in [4.69, 9.17) is 4.74 Å². The van der Waals surface area contributed by atoms with E-state index in [0.29, 0.717) is 11.3 Å². The van der Waals surface area contributed by atoms with Crippen molar-refractivity contribution in [1.29, 1.82) is 0 Å². The Morgan fingerprint density at radius 2 is 1.45 bits per heavy atom. The van der Waals surface area contributed by atoms with Crippen molar-refractivity contribution in [1.82, 2.24) is 0 Å². The lowest BCUT2D eigenvalue weighted by atomic mass is 9.94. The van der Waals surface area contributed by atoms with Gasteiger partial charge in [0.15, 0.2) is 10.9 Å². The highest BCUT2D eigenvalue weighted by Crippen LogP contribution is 2.34. The van der Waals surface area contributed by atoms with Gasteiger partial charge < -0.3 is 4.74 Å². The van der Waals surface area contributed by atoms with Crippen molar-refractivity contribution in [2.24, 2.45) is 0 Å². The molecule has 3 nitrogen and oxygen atoms in total. The Hall–Kier alpha value is -1.99. The molecule has 20 heavy (non-hydrogen) atoms. The predicted molar refractivity (Wildman–Crippen MR) is 80.6 cm³/mol. The molecule has 2 atom stereocenters. The van der Waals surface area contributed by atoms with Crippen LogP contribution >= 0.6 is 9.24 Å². The van der Waals surface area contributed by atoms with Gasteiger partial charge in [0.25, 0.3) is 0 Å². The zero-order valence-corrected chi connectivity index (χ0v) is 12.2. The fraction of sp³-hybridized carbons (Fsp3) is 0.125. The largest absolute Gasteiger partial charge is 0.425 e. The van der Waals surface area contributed by atoms with Gasteiger partial charge in [-0.25, -0.2) is 4.79 Å². The van der Waals surface area contributed by atoms with E-state index in [9.17, 15) is 9.59 Å². The van der Waals surface area contributed by atoms with Gasteiger partial charge in [-0.1, -0.05) is 48.5 Å². The lowest BCUT2D eigenvalue weighted by Gasteiger charge is -2.24. The lowest BCUT2D eigenvalue weighted by Crippen LogP contribution is -2.39. The van der Waals surface area contributed by atoms with Crippen LogP contribution in [-0.4, -0.2) is 11.8 Å². The van der Waals surface area contributed by atoms with Gasteiger partial charge in [0.05, 0.1) is 0 Å². The van der Waals surface area contributed by atoms with Gasteiger partial charge in [0, 0.05) is 0 Å². The van der Waals surface area contributed by atoms with Gasteiger partial charge in [-0.15, -0.1) is 9.24 Å². The molecule has 0 heterocycles. The molecule has 2 aromatic rings. The van der Waals surface area contributed by atoms with E-state index in [1.165, 1.54) is 6.92 Å². The average molecular weight is 286 g/mol. The van der Waals surface area contributed by atoms with Crippen LogP contribution in [0.15, 0.2) is 60.7 Å². The van der Waals surface area contributed by atoms with Gasteiger partial charge in [-0.05, 0) is 24.6 Å². The summed E-state index contributed by atoms with van der Waals surface area (Å²) in [6, 6.07) is 17.6. The molecule has 102 valence electrons. The second-order valence-electron chi connectivity index (χ2n) is 4.43. The standard InChI is InChI=1S/C16H15O3P/c1-12(17)16(20,13-8-4-2-5-9-13)15(18)19-14-10-6-3-7-11-14/h2-11H,20H2,1H3. The van der Waals surface area contributed by atoms with E-state index >= 15 is 0 Å². The molecule has 0 aliphatic heterocycles. The number of esters is 1. The maximum absolute atomic E-state index is 12.4. The fourth-order valence-corrected chi connectivity index (χ4v) is 2.09. The highest BCUT2D eigenvalue weighted by molar-refractivity contribution is 7.22. The average Bonchev–Trinajstić information content (AvgIpc) is 2.48. The van der Waals surface area contributed by atoms with Crippen LogP contribution in [0.3, 0.4) is 0 Å². The Kier molecular flexibility index (Phi) is 4.31. The van der Waals surface area contributed by atoms with E-state index in [1.807, 2.05) is 12.1 Å². The van der Waals surface area contributed by atoms with E-state index < -0.39 is 11.1 Å². The molecule has 0 aromatic heterocycles. The van der Waals surface area contributed by atoms with E-state index in [0.717, 1.165) is 0 Å². The summed E-state index contributed by atoms with van der Waals surface area (Å²) in [7, 11) is 2.33. The number of para-hydroxylation sites is 1. The third kappa shape index (κ3) is 2.78. The molecule has 0 amide bonds. The van der Waals surface area contributed by atoms with Crippen molar-refractivity contribution in [3.8, 4) is 5.75 Å². The number of rotatable bonds is 4. The molecule has 0 fully saturated rings. The van der Waals surface area contributed by atoms with Gasteiger partial charge >= 0.3 is 5.97 Å². The summed E-state index contributed by atoms with van der Waals surface area (Å²) < 4.78 is 5.31. The second-order valence-corrected chi connectivity index (χ2v) is 5.30. The number of carbonyl (C=O) groups excluding carboxylic acids is 2. The van der Waals surface area contributed by atoms with Crippen LogP contribution < -0.4 is 4.74 Å². The minimum absolute atomic E-state index is 0.283. The SMILES string of the molecule is CC(=O)C(P)(C(=O)Oc1ccccc1)c1ccccc1. The van der Waals surface area contributed by atoms with Crippen molar-refractivity contribution in [2.45, 2.75) is 12.1 Å². The van der Waals surface area contributed by atoms with Crippen molar-refractivity contribution >= 4 is 21.0 Å². The zero-order chi connectivity index (χ0) is 14.6. The molecule has 0 radical (unpaired) electrons. The highest BCUT2D eigenvalue weighted by Gasteiger charge is 2.42. The Labute approximate surface area is 120 Å². The number of Topliss-reactive ketones (excluding diaryl/α,β-unsaturated/α-hetero) is 1. The van der Waals surface area contributed by atoms with Crippen LogP contribution in [-0.2, 0) is 14.7 Å². The first-order chi connectivity index (χ1) is 9.55. The molecule has 0 spiro atoms. The lowest BCUT2D eigenvalue weighted by molar-refractivity contribution is -0.141. The number of carbonyl (C=O) groups is 2. The summed E-state index contributed by atoms with van der Waals surface area (Å²) >= 11 is 0. The summed E-state index contributed by atoms with van der Waals surface area (Å²) in [5, 5.41) is -1.38. The van der Waals surface area contributed by atoms with E-state index in [1.54, 1.807) is 48.5 Å². The van der Waals surface area contributed by atoms with Gasteiger partial charge in [-0.2, -0.15) is 0 Å². The second kappa shape index (κ2) is 5.98. The summed E-state index contributed by atoms with van der Waals surface area (Å²) in [5.41, 5.74) is 0.596. The summed E-state index contributed by atoms with van der Waals surface area (Å²) in [6.07, 6.45) is 0. The molecule has 0 saturated carbocycles. The molecule has 0 aliphatic carbocycles. The third-order valence-corrected chi connectivity index (χ3v) is 4.04. The van der Waals surface area contributed by atoms with Gasteiger partial charge in [0.1, 0.15) is 5.75 Å². The fourth-order valence-electron chi connectivity index (χ4n) is 1.84. The molecule has 2 aromatic carbocycles. The van der Waals surface area contributed by atoms with Crippen molar-refractivity contribution in [2.75, 3.05) is 0 Å². The van der Waals surface area contributed by atoms with Crippen LogP contribution in [0.5, 0.6) is 5.75 Å². The quantitative estimate of drug-likeness (QED) is 0.375. The molecule has 0 aliphatic rings.